The molecule has 2 unspecified atom stereocenters. The van der Waals surface area contributed by atoms with Crippen molar-refractivity contribution in [1.82, 2.24) is 4.90 Å². The third-order valence-corrected chi connectivity index (χ3v) is 2.62. The van der Waals surface area contributed by atoms with Gasteiger partial charge in [-0.05, 0) is 6.42 Å². The van der Waals surface area contributed by atoms with E-state index in [2.05, 4.69) is 0 Å². The van der Waals surface area contributed by atoms with Gasteiger partial charge in [0.1, 0.15) is 0 Å². The highest BCUT2D eigenvalue weighted by Gasteiger charge is 2.34. The lowest BCUT2D eigenvalue weighted by Crippen LogP contribution is -2.34. The Bertz CT molecular complexity index is 254. The molecule has 1 aliphatic heterocycles. The molecule has 1 amide bonds. The number of carboxylic acids is 1. The Morgan fingerprint density at radius 1 is 1.67 bits per heavy atom. The van der Waals surface area contributed by atoms with Crippen molar-refractivity contribution >= 4 is 11.9 Å². The first kappa shape index (κ1) is 12.0. The molecule has 1 fully saturated rings. The van der Waals surface area contributed by atoms with Gasteiger partial charge in [-0.2, -0.15) is 0 Å². The van der Waals surface area contributed by atoms with Crippen LogP contribution in [0.2, 0.25) is 0 Å². The topological polar surface area (TPSA) is 77.8 Å². The first-order valence-corrected chi connectivity index (χ1v) is 5.23. The number of amides is 1. The van der Waals surface area contributed by atoms with Gasteiger partial charge in [-0.3, -0.25) is 9.59 Å². The minimum Gasteiger partial charge on any atom is -0.481 e. The normalized spacial score (nSPS) is 23.2. The van der Waals surface area contributed by atoms with Crippen molar-refractivity contribution in [3.05, 3.63) is 0 Å². The van der Waals surface area contributed by atoms with Crippen LogP contribution in [0.5, 0.6) is 0 Å². The van der Waals surface area contributed by atoms with Gasteiger partial charge in [0.15, 0.2) is 0 Å². The molecule has 1 heterocycles. The Morgan fingerprint density at radius 3 is 2.80 bits per heavy atom. The van der Waals surface area contributed by atoms with E-state index in [1.807, 2.05) is 6.92 Å². The fourth-order valence-corrected chi connectivity index (χ4v) is 1.79. The molecule has 1 aliphatic rings. The Hall–Kier alpha value is -1.10. The van der Waals surface area contributed by atoms with Crippen LogP contribution in [0.3, 0.4) is 0 Å². The summed E-state index contributed by atoms with van der Waals surface area (Å²) in [5.74, 6) is -1.71. The van der Waals surface area contributed by atoms with E-state index in [0.717, 1.165) is 6.42 Å². The first-order chi connectivity index (χ1) is 7.04. The maximum atomic E-state index is 11.4. The van der Waals surface area contributed by atoms with Gasteiger partial charge in [0, 0.05) is 19.5 Å². The molecule has 86 valence electrons. The number of aliphatic hydroxyl groups is 1. The first-order valence-electron chi connectivity index (χ1n) is 5.23. The molecule has 0 aromatic heterocycles. The van der Waals surface area contributed by atoms with E-state index in [4.69, 9.17) is 5.11 Å². The average molecular weight is 215 g/mol. The Morgan fingerprint density at radius 2 is 2.33 bits per heavy atom. The third kappa shape index (κ3) is 3.20. The average Bonchev–Trinajstić information content (AvgIpc) is 2.48. The quantitative estimate of drug-likeness (QED) is 0.681. The molecule has 0 spiro atoms. The van der Waals surface area contributed by atoms with Crippen LogP contribution in [0.1, 0.15) is 26.2 Å². The number of aliphatic carboxylic acids is 1. The van der Waals surface area contributed by atoms with Gasteiger partial charge in [-0.15, -0.1) is 0 Å². The van der Waals surface area contributed by atoms with E-state index in [9.17, 15) is 14.7 Å². The maximum absolute atomic E-state index is 11.4. The highest BCUT2D eigenvalue weighted by atomic mass is 16.4. The van der Waals surface area contributed by atoms with Crippen molar-refractivity contribution < 1.29 is 19.8 Å². The van der Waals surface area contributed by atoms with Crippen molar-refractivity contribution in [2.24, 2.45) is 5.92 Å². The summed E-state index contributed by atoms with van der Waals surface area (Å²) in [5, 5.41) is 18.3. The van der Waals surface area contributed by atoms with Gasteiger partial charge in [0.25, 0.3) is 0 Å². The molecule has 0 aromatic rings. The number of hydrogen-bond acceptors (Lipinski definition) is 3. The third-order valence-electron chi connectivity index (χ3n) is 2.62. The Balaban J connectivity index is 2.43. The number of carbonyl (C=O) groups is 2. The van der Waals surface area contributed by atoms with E-state index >= 15 is 0 Å². The van der Waals surface area contributed by atoms with Crippen LogP contribution in [0.15, 0.2) is 0 Å². The lowest BCUT2D eigenvalue weighted by Gasteiger charge is -2.19. The minimum atomic E-state index is -0.934. The minimum absolute atomic E-state index is 0.0637. The summed E-state index contributed by atoms with van der Waals surface area (Å²) >= 11 is 0. The SMILES string of the molecule is CCCC(O)CN1CC(C(=O)O)CC1=O. The molecule has 2 atom stereocenters. The van der Waals surface area contributed by atoms with Crippen molar-refractivity contribution in [3.8, 4) is 0 Å². The zero-order chi connectivity index (χ0) is 11.4. The number of likely N-dealkylation sites (tertiary alicyclic amines) is 1. The number of rotatable bonds is 5. The predicted octanol–water partition coefficient (Wildman–Crippen LogP) is 0.0805. The number of hydrogen-bond donors (Lipinski definition) is 2. The molecule has 5 nitrogen and oxygen atoms in total. The second kappa shape index (κ2) is 5.11. The highest BCUT2D eigenvalue weighted by molar-refractivity contribution is 5.86. The van der Waals surface area contributed by atoms with Gasteiger partial charge < -0.3 is 15.1 Å². The number of nitrogens with zero attached hydrogens (tertiary/aromatic N) is 1. The maximum Gasteiger partial charge on any atom is 0.308 e. The lowest BCUT2D eigenvalue weighted by molar-refractivity contribution is -0.141. The largest absolute Gasteiger partial charge is 0.481 e. The molecule has 0 radical (unpaired) electrons. The fraction of sp³-hybridized carbons (Fsp3) is 0.800. The summed E-state index contributed by atoms with van der Waals surface area (Å²) in [4.78, 5) is 23.5. The molecule has 0 aromatic carbocycles. The molecule has 1 rings (SSSR count). The fourth-order valence-electron chi connectivity index (χ4n) is 1.79. The van der Waals surface area contributed by atoms with Crippen LogP contribution in [-0.4, -0.2) is 46.2 Å². The molecule has 5 heteroatoms. The Labute approximate surface area is 88.7 Å². The van der Waals surface area contributed by atoms with Crippen LogP contribution < -0.4 is 0 Å². The number of carboxylic acid groups (broad SMARTS) is 1. The van der Waals surface area contributed by atoms with Gasteiger partial charge >= 0.3 is 5.97 Å². The highest BCUT2D eigenvalue weighted by Crippen LogP contribution is 2.18. The number of carbonyl (C=O) groups excluding carboxylic acids is 1. The van der Waals surface area contributed by atoms with E-state index in [-0.39, 0.29) is 25.4 Å². The van der Waals surface area contributed by atoms with Gasteiger partial charge in [-0.25, -0.2) is 0 Å². The molecule has 0 saturated carbocycles. The molecule has 0 bridgehead atoms. The van der Waals surface area contributed by atoms with Gasteiger partial charge in [0.2, 0.25) is 5.91 Å². The summed E-state index contributed by atoms with van der Waals surface area (Å²) in [6.07, 6.45) is 1.02. The van der Waals surface area contributed by atoms with E-state index in [1.165, 1.54) is 4.90 Å². The summed E-state index contributed by atoms with van der Waals surface area (Å²) in [7, 11) is 0. The molecule has 15 heavy (non-hydrogen) atoms. The van der Waals surface area contributed by atoms with Crippen molar-refractivity contribution in [1.29, 1.82) is 0 Å². The second-order valence-corrected chi connectivity index (χ2v) is 3.98. The van der Waals surface area contributed by atoms with Crippen molar-refractivity contribution in [3.63, 3.8) is 0 Å². The Kier molecular flexibility index (Phi) is 4.08. The summed E-state index contributed by atoms with van der Waals surface area (Å²) in [6.45, 7) is 2.44. The van der Waals surface area contributed by atoms with Gasteiger partial charge in [-0.1, -0.05) is 13.3 Å². The number of β-amino-alcohol motifs (C(OH)–C–C–N with tert-alkyl or cyclic N) is 1. The van der Waals surface area contributed by atoms with Gasteiger partial charge in [0.05, 0.1) is 12.0 Å². The van der Waals surface area contributed by atoms with E-state index in [0.29, 0.717) is 6.42 Å². The zero-order valence-corrected chi connectivity index (χ0v) is 8.85. The molecular formula is C10H17NO4. The van der Waals surface area contributed by atoms with Crippen LogP contribution in [-0.2, 0) is 9.59 Å². The van der Waals surface area contributed by atoms with Crippen LogP contribution in [0.4, 0.5) is 0 Å². The summed E-state index contributed by atoms with van der Waals surface area (Å²) in [6, 6.07) is 0. The summed E-state index contributed by atoms with van der Waals surface area (Å²) < 4.78 is 0. The molecule has 0 aliphatic carbocycles. The smallest absolute Gasteiger partial charge is 0.308 e. The van der Waals surface area contributed by atoms with Crippen molar-refractivity contribution in [2.75, 3.05) is 13.1 Å². The van der Waals surface area contributed by atoms with Crippen LogP contribution in [0.25, 0.3) is 0 Å². The number of aliphatic hydroxyl groups excluding tert-OH is 1. The zero-order valence-electron chi connectivity index (χ0n) is 8.85. The molecular weight excluding hydrogens is 198 g/mol. The standard InChI is InChI=1S/C10H17NO4/c1-2-3-8(12)6-11-5-7(10(14)15)4-9(11)13/h7-8,12H,2-6H2,1H3,(H,14,15). The molecule has 1 saturated heterocycles. The summed E-state index contributed by atoms with van der Waals surface area (Å²) in [5.41, 5.74) is 0. The second-order valence-electron chi connectivity index (χ2n) is 3.98. The van der Waals surface area contributed by atoms with E-state index < -0.39 is 18.0 Å². The monoisotopic (exact) mass is 215 g/mol. The lowest BCUT2D eigenvalue weighted by atomic mass is 10.1. The van der Waals surface area contributed by atoms with E-state index in [1.54, 1.807) is 0 Å². The van der Waals surface area contributed by atoms with Crippen LogP contribution >= 0.6 is 0 Å². The van der Waals surface area contributed by atoms with Crippen LogP contribution in [0, 0.1) is 5.92 Å². The molecule has 2 N–H and O–H groups in total. The predicted molar refractivity (Wildman–Crippen MR) is 53.2 cm³/mol. The van der Waals surface area contributed by atoms with Crippen molar-refractivity contribution in [2.45, 2.75) is 32.3 Å².